The van der Waals surface area contributed by atoms with Crippen molar-refractivity contribution >= 4 is 0 Å². The monoisotopic (exact) mass is 192 g/mol. The van der Waals surface area contributed by atoms with Gasteiger partial charge >= 0.3 is 0 Å². The third-order valence-electron chi connectivity index (χ3n) is 2.07. The van der Waals surface area contributed by atoms with Crippen molar-refractivity contribution in [2.45, 2.75) is 33.7 Å². The second-order valence-electron chi connectivity index (χ2n) is 4.08. The van der Waals surface area contributed by atoms with Gasteiger partial charge in [0.05, 0.1) is 0 Å². The van der Waals surface area contributed by atoms with Crippen molar-refractivity contribution in [3.05, 3.63) is 29.6 Å². The Morgan fingerprint density at radius 3 is 2.64 bits per heavy atom. The Labute approximate surface area is 86.8 Å². The largest absolute Gasteiger partial charge is 0.313 e. The summed E-state index contributed by atoms with van der Waals surface area (Å²) in [5.74, 6) is 0.700. The SMILES string of the molecule is CCNCc1cncc(CC(C)C)c1. The van der Waals surface area contributed by atoms with Gasteiger partial charge in [0.25, 0.3) is 0 Å². The van der Waals surface area contributed by atoms with Crippen LogP contribution in [-0.4, -0.2) is 11.5 Å². The van der Waals surface area contributed by atoms with E-state index in [2.05, 4.69) is 37.1 Å². The van der Waals surface area contributed by atoms with E-state index >= 15 is 0 Å². The van der Waals surface area contributed by atoms with Crippen molar-refractivity contribution in [1.29, 1.82) is 0 Å². The molecule has 0 aliphatic rings. The molecule has 0 saturated heterocycles. The zero-order valence-electron chi connectivity index (χ0n) is 9.38. The molecule has 0 bridgehead atoms. The highest BCUT2D eigenvalue weighted by Crippen LogP contribution is 2.08. The van der Waals surface area contributed by atoms with Gasteiger partial charge in [-0.3, -0.25) is 4.98 Å². The zero-order chi connectivity index (χ0) is 10.4. The van der Waals surface area contributed by atoms with Gasteiger partial charge in [-0.25, -0.2) is 0 Å². The minimum atomic E-state index is 0.700. The molecule has 78 valence electrons. The van der Waals surface area contributed by atoms with Crippen LogP contribution in [0.3, 0.4) is 0 Å². The Morgan fingerprint density at radius 1 is 1.29 bits per heavy atom. The maximum atomic E-state index is 4.25. The summed E-state index contributed by atoms with van der Waals surface area (Å²) in [4.78, 5) is 4.25. The molecular formula is C12H20N2. The number of nitrogens with one attached hydrogen (secondary N) is 1. The summed E-state index contributed by atoms with van der Waals surface area (Å²) < 4.78 is 0. The molecule has 1 aromatic rings. The Balaban J connectivity index is 2.59. The molecule has 0 amide bonds. The van der Waals surface area contributed by atoms with Crippen molar-refractivity contribution in [3.8, 4) is 0 Å². The lowest BCUT2D eigenvalue weighted by Crippen LogP contribution is -2.12. The van der Waals surface area contributed by atoms with E-state index in [-0.39, 0.29) is 0 Å². The highest BCUT2D eigenvalue weighted by atomic mass is 14.8. The lowest BCUT2D eigenvalue weighted by molar-refractivity contribution is 0.643. The second kappa shape index (κ2) is 5.76. The Kier molecular flexibility index (Phi) is 4.60. The molecule has 1 aromatic heterocycles. The lowest BCUT2D eigenvalue weighted by atomic mass is 10.0. The summed E-state index contributed by atoms with van der Waals surface area (Å²) >= 11 is 0. The molecule has 0 aliphatic carbocycles. The summed E-state index contributed by atoms with van der Waals surface area (Å²) in [7, 11) is 0. The van der Waals surface area contributed by atoms with E-state index in [0.717, 1.165) is 19.5 Å². The fourth-order valence-electron chi connectivity index (χ4n) is 1.49. The third kappa shape index (κ3) is 3.88. The number of hydrogen-bond donors (Lipinski definition) is 1. The first kappa shape index (κ1) is 11.2. The maximum Gasteiger partial charge on any atom is 0.0313 e. The fraction of sp³-hybridized carbons (Fsp3) is 0.583. The van der Waals surface area contributed by atoms with E-state index in [9.17, 15) is 0 Å². The second-order valence-corrected chi connectivity index (χ2v) is 4.08. The number of hydrogen-bond acceptors (Lipinski definition) is 2. The first-order valence-electron chi connectivity index (χ1n) is 5.36. The van der Waals surface area contributed by atoms with Crippen LogP contribution in [0.2, 0.25) is 0 Å². The van der Waals surface area contributed by atoms with E-state index in [1.165, 1.54) is 11.1 Å². The maximum absolute atomic E-state index is 4.25. The average molecular weight is 192 g/mol. The molecule has 0 aromatic carbocycles. The minimum Gasteiger partial charge on any atom is -0.313 e. The molecule has 0 atom stereocenters. The van der Waals surface area contributed by atoms with Crippen LogP contribution in [0.4, 0.5) is 0 Å². The van der Waals surface area contributed by atoms with Crippen LogP contribution in [0.25, 0.3) is 0 Å². The van der Waals surface area contributed by atoms with E-state index in [1.54, 1.807) is 0 Å². The van der Waals surface area contributed by atoms with E-state index in [1.807, 2.05) is 12.4 Å². The molecule has 1 N–H and O–H groups in total. The van der Waals surface area contributed by atoms with Gasteiger partial charge in [0.2, 0.25) is 0 Å². The van der Waals surface area contributed by atoms with Crippen molar-refractivity contribution in [2.75, 3.05) is 6.54 Å². The molecule has 2 nitrogen and oxygen atoms in total. The van der Waals surface area contributed by atoms with Crippen molar-refractivity contribution in [3.63, 3.8) is 0 Å². The van der Waals surface area contributed by atoms with Crippen LogP contribution in [0.1, 0.15) is 31.9 Å². The van der Waals surface area contributed by atoms with Crippen LogP contribution in [0.5, 0.6) is 0 Å². The highest BCUT2D eigenvalue weighted by molar-refractivity contribution is 5.18. The Morgan fingerprint density at radius 2 is 2.00 bits per heavy atom. The minimum absolute atomic E-state index is 0.700. The fourth-order valence-corrected chi connectivity index (χ4v) is 1.49. The smallest absolute Gasteiger partial charge is 0.0313 e. The van der Waals surface area contributed by atoms with Gasteiger partial charge in [0, 0.05) is 18.9 Å². The number of pyridine rings is 1. The van der Waals surface area contributed by atoms with Crippen LogP contribution < -0.4 is 5.32 Å². The number of nitrogens with zero attached hydrogens (tertiary/aromatic N) is 1. The van der Waals surface area contributed by atoms with Gasteiger partial charge in [0.1, 0.15) is 0 Å². The van der Waals surface area contributed by atoms with Crippen LogP contribution >= 0.6 is 0 Å². The normalized spacial score (nSPS) is 10.9. The topological polar surface area (TPSA) is 24.9 Å². The molecule has 0 radical (unpaired) electrons. The molecule has 0 aliphatic heterocycles. The van der Waals surface area contributed by atoms with E-state index < -0.39 is 0 Å². The van der Waals surface area contributed by atoms with Crippen LogP contribution in [0, 0.1) is 5.92 Å². The summed E-state index contributed by atoms with van der Waals surface area (Å²) in [6, 6.07) is 2.25. The quantitative estimate of drug-likeness (QED) is 0.775. The molecule has 0 saturated carbocycles. The molecule has 1 heterocycles. The molecule has 0 fully saturated rings. The van der Waals surface area contributed by atoms with Gasteiger partial charge in [-0.05, 0) is 30.0 Å². The van der Waals surface area contributed by atoms with Gasteiger partial charge in [0.15, 0.2) is 0 Å². The number of rotatable bonds is 5. The molecule has 14 heavy (non-hydrogen) atoms. The predicted octanol–water partition coefficient (Wildman–Crippen LogP) is 2.39. The summed E-state index contributed by atoms with van der Waals surface area (Å²) in [6.45, 7) is 8.52. The average Bonchev–Trinajstić information content (AvgIpc) is 2.14. The molecule has 1 rings (SSSR count). The van der Waals surface area contributed by atoms with Crippen molar-refractivity contribution in [1.82, 2.24) is 10.3 Å². The molecular weight excluding hydrogens is 172 g/mol. The number of aromatic nitrogens is 1. The Bertz CT molecular complexity index is 269. The van der Waals surface area contributed by atoms with Crippen LogP contribution in [-0.2, 0) is 13.0 Å². The predicted molar refractivity (Wildman–Crippen MR) is 60.2 cm³/mol. The molecule has 0 spiro atoms. The van der Waals surface area contributed by atoms with Gasteiger partial charge < -0.3 is 5.32 Å². The Hall–Kier alpha value is -0.890. The first-order chi connectivity index (χ1) is 6.72. The molecule has 0 unspecified atom stereocenters. The third-order valence-corrected chi connectivity index (χ3v) is 2.07. The van der Waals surface area contributed by atoms with E-state index in [0.29, 0.717) is 5.92 Å². The highest BCUT2D eigenvalue weighted by Gasteiger charge is 1.99. The standard InChI is InChI=1S/C12H20N2/c1-4-13-8-12-6-11(5-10(2)3)7-14-9-12/h6-7,9-10,13H,4-5,8H2,1-3H3. The van der Waals surface area contributed by atoms with Crippen LogP contribution in [0.15, 0.2) is 18.5 Å². The first-order valence-corrected chi connectivity index (χ1v) is 5.36. The lowest BCUT2D eigenvalue weighted by Gasteiger charge is -2.07. The van der Waals surface area contributed by atoms with Gasteiger partial charge in [-0.15, -0.1) is 0 Å². The summed E-state index contributed by atoms with van der Waals surface area (Å²) in [5.41, 5.74) is 2.63. The van der Waals surface area contributed by atoms with E-state index in [4.69, 9.17) is 0 Å². The van der Waals surface area contributed by atoms with Gasteiger partial charge in [-0.1, -0.05) is 26.8 Å². The van der Waals surface area contributed by atoms with Gasteiger partial charge in [-0.2, -0.15) is 0 Å². The summed E-state index contributed by atoms with van der Waals surface area (Å²) in [5, 5.41) is 3.31. The van der Waals surface area contributed by atoms with Crippen molar-refractivity contribution in [2.24, 2.45) is 5.92 Å². The van der Waals surface area contributed by atoms with Crippen molar-refractivity contribution < 1.29 is 0 Å². The summed E-state index contributed by atoms with van der Waals surface area (Å²) in [6.07, 6.45) is 5.02. The zero-order valence-corrected chi connectivity index (χ0v) is 9.38. The molecule has 2 heteroatoms.